The number of aliphatic hydroxyl groups excluding tert-OH is 1. The lowest BCUT2D eigenvalue weighted by atomic mass is 10.0. The summed E-state index contributed by atoms with van der Waals surface area (Å²) in [6, 6.07) is 11.5. The minimum atomic E-state index is -0.622. The van der Waals surface area contributed by atoms with Gasteiger partial charge in [0.05, 0.1) is 5.69 Å². The average Bonchev–Trinajstić information content (AvgIpc) is 2.67. The highest BCUT2D eigenvalue weighted by atomic mass is 16.5. The number of rotatable bonds is 8. The van der Waals surface area contributed by atoms with E-state index < -0.39 is 6.10 Å². The molecule has 0 radical (unpaired) electrons. The van der Waals surface area contributed by atoms with Crippen molar-refractivity contribution in [3.63, 3.8) is 0 Å². The first-order chi connectivity index (χ1) is 12.7. The summed E-state index contributed by atoms with van der Waals surface area (Å²) in [7, 11) is 0. The molecule has 0 aliphatic carbocycles. The van der Waals surface area contributed by atoms with Crippen LogP contribution in [0.15, 0.2) is 42.6 Å². The molecular weight excluding hydrogens is 330 g/mol. The van der Waals surface area contributed by atoms with E-state index in [2.05, 4.69) is 22.5 Å². The number of aromatic nitrogens is 1. The molecule has 2 atom stereocenters. The fraction of sp³-hybridized carbons (Fsp3) is 0.400. The highest BCUT2D eigenvalue weighted by molar-refractivity contribution is 5.93. The van der Waals surface area contributed by atoms with E-state index in [1.165, 1.54) is 0 Å². The molecule has 0 bridgehead atoms. The first-order valence-corrected chi connectivity index (χ1v) is 9.03. The molecule has 1 aliphatic rings. The average molecular weight is 355 g/mol. The van der Waals surface area contributed by atoms with Gasteiger partial charge in [0, 0.05) is 30.9 Å². The summed E-state index contributed by atoms with van der Waals surface area (Å²) in [6.45, 7) is 2.72. The smallest absolute Gasteiger partial charge is 0.224 e. The molecule has 0 saturated carbocycles. The van der Waals surface area contributed by atoms with Gasteiger partial charge in [-0.1, -0.05) is 13.0 Å². The molecular formula is C20H25N3O3. The van der Waals surface area contributed by atoms with Gasteiger partial charge in [0.15, 0.2) is 0 Å². The van der Waals surface area contributed by atoms with E-state index in [1.807, 2.05) is 36.4 Å². The Labute approximate surface area is 153 Å². The summed E-state index contributed by atoms with van der Waals surface area (Å²) in [4.78, 5) is 15.8. The summed E-state index contributed by atoms with van der Waals surface area (Å²) in [6.07, 6.45) is 3.25. The SMILES string of the molecule is CC[C@H](NCC(O)COc1ccc2c(c1)CCC(=O)N2)c1ccccn1. The Morgan fingerprint density at radius 1 is 1.31 bits per heavy atom. The third-order valence-electron chi connectivity index (χ3n) is 4.47. The van der Waals surface area contributed by atoms with Gasteiger partial charge >= 0.3 is 0 Å². The van der Waals surface area contributed by atoms with E-state index in [1.54, 1.807) is 6.20 Å². The summed E-state index contributed by atoms with van der Waals surface area (Å²) >= 11 is 0. The molecule has 1 aliphatic heterocycles. The normalized spacial score (nSPS) is 15.7. The minimum Gasteiger partial charge on any atom is -0.491 e. The number of aliphatic hydroxyl groups is 1. The Balaban J connectivity index is 1.48. The Morgan fingerprint density at radius 2 is 2.19 bits per heavy atom. The molecule has 0 fully saturated rings. The lowest BCUT2D eigenvalue weighted by molar-refractivity contribution is -0.116. The van der Waals surface area contributed by atoms with Crippen LogP contribution in [0.1, 0.15) is 37.1 Å². The zero-order chi connectivity index (χ0) is 18.4. The molecule has 0 saturated heterocycles. The molecule has 3 N–H and O–H groups in total. The number of fused-ring (bicyclic) bond motifs is 1. The van der Waals surface area contributed by atoms with Crippen molar-refractivity contribution >= 4 is 11.6 Å². The van der Waals surface area contributed by atoms with E-state index >= 15 is 0 Å². The quantitative estimate of drug-likeness (QED) is 0.677. The van der Waals surface area contributed by atoms with Crippen molar-refractivity contribution in [2.75, 3.05) is 18.5 Å². The van der Waals surface area contributed by atoms with E-state index in [0.717, 1.165) is 23.4 Å². The van der Waals surface area contributed by atoms with Gasteiger partial charge in [0.25, 0.3) is 0 Å². The maximum absolute atomic E-state index is 11.4. The van der Waals surface area contributed by atoms with Crippen LogP contribution in [0.3, 0.4) is 0 Å². The standard InChI is InChI=1S/C20H25N3O3/c1-2-17(19-5-3-4-10-21-19)22-12-15(24)13-26-16-7-8-18-14(11-16)6-9-20(25)23-18/h3-5,7-8,10-11,15,17,22,24H,2,6,9,12-13H2,1H3,(H,23,25)/t15?,17-/m0/s1. The number of anilines is 1. The Hall–Kier alpha value is -2.44. The van der Waals surface area contributed by atoms with Crippen LogP contribution < -0.4 is 15.4 Å². The van der Waals surface area contributed by atoms with Crippen molar-refractivity contribution in [2.24, 2.45) is 0 Å². The number of ether oxygens (including phenoxy) is 1. The van der Waals surface area contributed by atoms with Crippen molar-refractivity contribution in [3.8, 4) is 5.75 Å². The zero-order valence-electron chi connectivity index (χ0n) is 14.9. The van der Waals surface area contributed by atoms with Gasteiger partial charge in [-0.2, -0.15) is 0 Å². The van der Waals surface area contributed by atoms with Crippen LogP contribution in [-0.4, -0.2) is 35.3 Å². The lowest BCUT2D eigenvalue weighted by Gasteiger charge is -2.20. The molecule has 1 unspecified atom stereocenters. The van der Waals surface area contributed by atoms with Gasteiger partial charge in [0.2, 0.25) is 5.91 Å². The highest BCUT2D eigenvalue weighted by Gasteiger charge is 2.16. The zero-order valence-corrected chi connectivity index (χ0v) is 14.9. The van der Waals surface area contributed by atoms with Crippen molar-refractivity contribution in [1.29, 1.82) is 0 Å². The Bertz CT molecular complexity index is 736. The molecule has 0 spiro atoms. The van der Waals surface area contributed by atoms with Crippen LogP contribution in [0.4, 0.5) is 5.69 Å². The summed E-state index contributed by atoms with van der Waals surface area (Å²) in [5.41, 5.74) is 2.88. The third-order valence-corrected chi connectivity index (χ3v) is 4.47. The summed E-state index contributed by atoms with van der Waals surface area (Å²) in [5, 5.41) is 16.4. The predicted octanol–water partition coefficient (Wildman–Crippen LogP) is 2.45. The minimum absolute atomic E-state index is 0.0473. The molecule has 3 rings (SSSR count). The molecule has 2 aromatic rings. The molecule has 2 heterocycles. The maximum Gasteiger partial charge on any atom is 0.224 e. The number of nitrogens with one attached hydrogen (secondary N) is 2. The topological polar surface area (TPSA) is 83.5 Å². The van der Waals surface area contributed by atoms with E-state index in [9.17, 15) is 9.90 Å². The van der Waals surface area contributed by atoms with Crippen LogP contribution in [0.2, 0.25) is 0 Å². The highest BCUT2D eigenvalue weighted by Crippen LogP contribution is 2.26. The largest absolute Gasteiger partial charge is 0.491 e. The van der Waals surface area contributed by atoms with Gasteiger partial charge in [-0.05, 0) is 48.7 Å². The summed E-state index contributed by atoms with van der Waals surface area (Å²) < 4.78 is 5.71. The monoisotopic (exact) mass is 355 g/mol. The van der Waals surface area contributed by atoms with Crippen molar-refractivity contribution in [3.05, 3.63) is 53.9 Å². The van der Waals surface area contributed by atoms with Crippen LogP contribution >= 0.6 is 0 Å². The lowest BCUT2D eigenvalue weighted by Crippen LogP contribution is -2.34. The second-order valence-corrected chi connectivity index (χ2v) is 6.46. The molecule has 1 aromatic heterocycles. The molecule has 26 heavy (non-hydrogen) atoms. The molecule has 1 amide bonds. The van der Waals surface area contributed by atoms with E-state index in [0.29, 0.717) is 25.1 Å². The van der Waals surface area contributed by atoms with Gasteiger partial charge < -0.3 is 20.5 Å². The number of hydrogen-bond donors (Lipinski definition) is 3. The van der Waals surface area contributed by atoms with E-state index in [4.69, 9.17) is 4.74 Å². The number of amides is 1. The second kappa shape index (κ2) is 8.78. The fourth-order valence-electron chi connectivity index (χ4n) is 3.02. The Morgan fingerprint density at radius 3 is 2.96 bits per heavy atom. The van der Waals surface area contributed by atoms with Crippen molar-refractivity contribution in [1.82, 2.24) is 10.3 Å². The van der Waals surface area contributed by atoms with Crippen LogP contribution in [0.25, 0.3) is 0 Å². The summed E-state index contributed by atoms with van der Waals surface area (Å²) in [5.74, 6) is 0.752. The molecule has 1 aromatic carbocycles. The molecule has 138 valence electrons. The first kappa shape index (κ1) is 18.4. The number of carbonyl (C=O) groups is 1. The Kier molecular flexibility index (Phi) is 6.20. The maximum atomic E-state index is 11.4. The van der Waals surface area contributed by atoms with E-state index in [-0.39, 0.29) is 18.6 Å². The van der Waals surface area contributed by atoms with Gasteiger partial charge in [-0.15, -0.1) is 0 Å². The number of benzene rings is 1. The molecule has 6 heteroatoms. The number of carbonyl (C=O) groups excluding carboxylic acids is 1. The van der Waals surface area contributed by atoms with Gasteiger partial charge in [-0.25, -0.2) is 0 Å². The number of pyridine rings is 1. The number of aryl methyl sites for hydroxylation is 1. The van der Waals surface area contributed by atoms with Crippen LogP contribution in [-0.2, 0) is 11.2 Å². The van der Waals surface area contributed by atoms with Crippen LogP contribution in [0.5, 0.6) is 5.75 Å². The van der Waals surface area contributed by atoms with Gasteiger partial charge in [-0.3, -0.25) is 9.78 Å². The first-order valence-electron chi connectivity index (χ1n) is 9.03. The third kappa shape index (κ3) is 4.80. The van der Waals surface area contributed by atoms with Crippen molar-refractivity contribution < 1.29 is 14.6 Å². The second-order valence-electron chi connectivity index (χ2n) is 6.46. The fourth-order valence-corrected chi connectivity index (χ4v) is 3.02. The van der Waals surface area contributed by atoms with Crippen molar-refractivity contribution in [2.45, 2.75) is 38.3 Å². The molecule has 6 nitrogen and oxygen atoms in total. The number of hydrogen-bond acceptors (Lipinski definition) is 5. The van der Waals surface area contributed by atoms with Gasteiger partial charge in [0.1, 0.15) is 18.5 Å². The van der Waals surface area contributed by atoms with Crippen LogP contribution in [0, 0.1) is 0 Å². The number of nitrogens with zero attached hydrogens (tertiary/aromatic N) is 1. The predicted molar refractivity (Wildman–Crippen MR) is 100 cm³/mol.